The number of aliphatic hydroxyl groups excluding tert-OH is 5. The van der Waals surface area contributed by atoms with E-state index < -0.39 is 230 Å². The van der Waals surface area contributed by atoms with E-state index in [4.69, 9.17) is 11.5 Å². The van der Waals surface area contributed by atoms with Crippen LogP contribution >= 0.6 is 0 Å². The Morgan fingerprint density at radius 3 is 1.64 bits per heavy atom. The maximum absolute atomic E-state index is 14.8. The summed E-state index contributed by atoms with van der Waals surface area (Å²) in [4.78, 5) is 201. The van der Waals surface area contributed by atoms with Gasteiger partial charge in [-0.3, -0.25) is 67.1 Å². The van der Waals surface area contributed by atoms with Gasteiger partial charge in [-0.15, -0.1) is 0 Å². The summed E-state index contributed by atoms with van der Waals surface area (Å²) in [5.41, 5.74) is 11.6. The third kappa shape index (κ3) is 27.1. The molecule has 2 heterocycles. The predicted octanol–water partition coefficient (Wildman–Crippen LogP) is -3.32. The predicted molar refractivity (Wildman–Crippen MR) is 372 cm³/mol. The van der Waals surface area contributed by atoms with E-state index in [2.05, 4.69) is 53.2 Å². The monoisotopic (exact) mass is 1440 g/mol. The molecule has 0 spiro atoms. The van der Waals surface area contributed by atoms with Gasteiger partial charge in [0.1, 0.15) is 66.5 Å². The molecule has 17 atom stereocenters. The number of primary amides is 2. The highest BCUT2D eigenvalue weighted by Crippen LogP contribution is 2.23. The Kier molecular flexibility index (Phi) is 36.9. The molecule has 2 aliphatic heterocycles. The van der Waals surface area contributed by atoms with Gasteiger partial charge in [-0.25, -0.2) is 0 Å². The molecule has 14 amide bonds. The van der Waals surface area contributed by atoms with Gasteiger partial charge in [0, 0.05) is 45.5 Å². The van der Waals surface area contributed by atoms with Crippen molar-refractivity contribution in [1.82, 2.24) is 63.0 Å². The minimum Gasteiger partial charge on any atom is -0.396 e. The molecule has 0 bridgehead atoms. The Labute approximate surface area is 596 Å². The zero-order valence-electron chi connectivity index (χ0n) is 61.0. The molecule has 1 aromatic carbocycles. The zero-order valence-corrected chi connectivity index (χ0v) is 61.0. The lowest BCUT2D eigenvalue weighted by Crippen LogP contribution is -2.65. The summed E-state index contributed by atoms with van der Waals surface area (Å²) in [6.07, 6.45) is -5.70. The minimum absolute atomic E-state index is 0.0261. The number of hydrogen-bond acceptors (Lipinski definition) is 19. The molecule has 2 saturated heterocycles. The number of likely N-dealkylation sites (N-methyl/N-ethyl adjacent to an activating group) is 1. The number of benzene rings is 1. The topological polar surface area (TPSA) is 519 Å². The van der Waals surface area contributed by atoms with Crippen LogP contribution in [-0.2, 0) is 73.5 Å². The fourth-order valence-electron chi connectivity index (χ4n) is 12.1. The van der Waals surface area contributed by atoms with Crippen molar-refractivity contribution >= 4 is 82.7 Å². The summed E-state index contributed by atoms with van der Waals surface area (Å²) in [6, 6.07) is -11.5. The highest BCUT2D eigenvalue weighted by Gasteiger charge is 2.46. The van der Waals surface area contributed by atoms with Crippen LogP contribution in [0.4, 0.5) is 0 Å². The van der Waals surface area contributed by atoms with Gasteiger partial charge in [-0.05, 0) is 81.6 Å². The van der Waals surface area contributed by atoms with Crippen LogP contribution in [0.1, 0.15) is 172 Å². The quantitative estimate of drug-likeness (QED) is 0.0450. The third-order valence-electron chi connectivity index (χ3n) is 18.3. The van der Waals surface area contributed by atoms with Gasteiger partial charge in [0.15, 0.2) is 6.10 Å². The summed E-state index contributed by atoms with van der Waals surface area (Å²) < 4.78 is 0. The van der Waals surface area contributed by atoms with Gasteiger partial charge < -0.3 is 100.0 Å². The first-order valence-corrected chi connectivity index (χ1v) is 35.5. The van der Waals surface area contributed by atoms with Gasteiger partial charge in [0.2, 0.25) is 82.7 Å². The largest absolute Gasteiger partial charge is 0.396 e. The van der Waals surface area contributed by atoms with Crippen LogP contribution < -0.4 is 64.6 Å². The standard InChI is InChI=1S/C69H114N14O19/c1-13-15-16-17-21-25-42-34-49(88)77-50(36(5)6)63(96)80-53(56(89)37(7)8)65(98)73-43(29-31-84)59(92)75-45(32-35(3)4)60(93)74-44(27-28-48(70)87)68(101)82(12)55(38(9)14-2)67(100)81-54(57(90)58(71)91)66(99)79-52(40(11)86)69(102)83-30-22-26-47(83)62(95)76-46(33-41-23-19-18-20-24-41)61(94)78-51(39(10)85)64(97)72-42/h18-20,23-24,35-40,42-47,50-57,84-86,89-90H,13-17,21-22,25-34H2,1-12H3,(H2,70,87)(H2,71,91)(H,72,97)(H,73,98)(H,74,93)(H,75,92)(H,76,95)(H,77,88)(H,78,94)(H,79,99)(H,80,96)(H,81,100)/t38-,39+,40+,42+,43-,44-,45+,46+,47-,50-,51-,52-,53-,54-,55-,56+,57-/m0/s1. The average Bonchev–Trinajstić information content (AvgIpc) is 1.36. The minimum atomic E-state index is -2.55. The third-order valence-corrected chi connectivity index (χ3v) is 18.3. The second-order valence-corrected chi connectivity index (χ2v) is 28.0. The Morgan fingerprint density at radius 2 is 1.08 bits per heavy atom. The average molecular weight is 1440 g/mol. The van der Waals surface area contributed by atoms with E-state index in [1.807, 2.05) is 6.92 Å². The number of nitrogens with one attached hydrogen (secondary N) is 10. The fraction of sp³-hybridized carbons (Fsp3) is 0.710. The molecule has 574 valence electrons. The highest BCUT2D eigenvalue weighted by molar-refractivity contribution is 6.01. The molecule has 33 nitrogen and oxygen atoms in total. The molecule has 1 aromatic rings. The van der Waals surface area contributed by atoms with Crippen LogP contribution in [0.5, 0.6) is 0 Å². The normalized spacial score (nSPS) is 26.9. The summed E-state index contributed by atoms with van der Waals surface area (Å²) in [5, 5.41) is 80.7. The molecule has 0 saturated carbocycles. The smallest absolute Gasteiger partial charge is 0.248 e. The van der Waals surface area contributed by atoms with Crippen molar-refractivity contribution in [3.63, 3.8) is 0 Å². The maximum atomic E-state index is 14.8. The molecule has 0 aromatic heterocycles. The lowest BCUT2D eigenvalue weighted by atomic mass is 9.95. The molecular weight excluding hydrogens is 1330 g/mol. The summed E-state index contributed by atoms with van der Waals surface area (Å²) >= 11 is 0. The highest BCUT2D eigenvalue weighted by atomic mass is 16.3. The summed E-state index contributed by atoms with van der Waals surface area (Å²) in [7, 11) is 1.14. The van der Waals surface area contributed by atoms with E-state index >= 15 is 0 Å². The van der Waals surface area contributed by atoms with Crippen LogP contribution in [0.15, 0.2) is 30.3 Å². The number of carbonyl (C=O) groups excluding carboxylic acids is 14. The van der Waals surface area contributed by atoms with E-state index in [0.717, 1.165) is 43.0 Å². The number of hydrogen-bond donors (Lipinski definition) is 17. The van der Waals surface area contributed by atoms with Crippen LogP contribution in [0, 0.1) is 23.7 Å². The van der Waals surface area contributed by atoms with Crippen molar-refractivity contribution in [3.8, 4) is 0 Å². The van der Waals surface area contributed by atoms with Gasteiger partial charge >= 0.3 is 0 Å². The molecule has 3 rings (SSSR count). The van der Waals surface area contributed by atoms with Crippen molar-refractivity contribution in [1.29, 1.82) is 0 Å². The van der Waals surface area contributed by atoms with Crippen LogP contribution in [-0.4, -0.2) is 235 Å². The van der Waals surface area contributed by atoms with Gasteiger partial charge in [0.05, 0.1) is 18.3 Å². The molecule has 33 heteroatoms. The van der Waals surface area contributed by atoms with Crippen molar-refractivity contribution in [2.24, 2.45) is 35.1 Å². The summed E-state index contributed by atoms with van der Waals surface area (Å²) in [5.74, 6) is -17.7. The number of unbranched alkanes of at least 4 members (excludes halogenated alkanes) is 4. The number of amides is 14. The maximum Gasteiger partial charge on any atom is 0.248 e. The van der Waals surface area contributed by atoms with Gasteiger partial charge in [-0.1, -0.05) is 131 Å². The summed E-state index contributed by atoms with van der Waals surface area (Å²) in [6.45, 7) is 16.2. The number of rotatable bonds is 24. The fourth-order valence-corrected chi connectivity index (χ4v) is 12.1. The van der Waals surface area contributed by atoms with Crippen LogP contribution in [0.2, 0.25) is 0 Å². The molecule has 102 heavy (non-hydrogen) atoms. The van der Waals surface area contributed by atoms with Crippen LogP contribution in [0.3, 0.4) is 0 Å². The molecule has 0 aliphatic carbocycles. The lowest BCUT2D eigenvalue weighted by Gasteiger charge is -2.36. The Hall–Kier alpha value is -8.40. The Bertz CT molecular complexity index is 3010. The molecule has 19 N–H and O–H groups in total. The number of nitrogens with zero attached hydrogens (tertiary/aromatic N) is 2. The molecule has 0 radical (unpaired) electrons. The first kappa shape index (κ1) is 87.8. The van der Waals surface area contributed by atoms with Gasteiger partial charge in [0.25, 0.3) is 0 Å². The van der Waals surface area contributed by atoms with E-state index in [-0.39, 0.29) is 51.0 Å². The molecule has 2 fully saturated rings. The Balaban J connectivity index is 2.34. The zero-order chi connectivity index (χ0) is 77.0. The van der Waals surface area contributed by atoms with Gasteiger partial charge in [-0.2, -0.15) is 0 Å². The van der Waals surface area contributed by atoms with Crippen molar-refractivity contribution in [3.05, 3.63) is 35.9 Å². The first-order chi connectivity index (χ1) is 47.9. The van der Waals surface area contributed by atoms with Crippen molar-refractivity contribution in [2.75, 3.05) is 20.2 Å². The second kappa shape index (κ2) is 42.9. The number of nitrogens with two attached hydrogens (primary N) is 2. The van der Waals surface area contributed by atoms with E-state index in [9.17, 15) is 92.7 Å². The first-order valence-electron chi connectivity index (χ1n) is 35.5. The number of carbonyl (C=O) groups is 14. The SMILES string of the molecule is CCCCCCC[C@@H]1CC(=O)N[C@@H](C(C)C)C(=O)N[C@@H]([C@H](O)C(C)C)C(=O)N[C@@H](CCO)C(=O)N[C@H](CC(C)C)C(=O)N[C@@H](CCC(N)=O)C(=O)N(C)[C@@H]([C@@H](C)CC)C(=O)N[C@@H]([C@H](O)C(N)=O)C(=O)N[C@@H]([C@@H](C)O)C(=O)N2CCC[C@H]2C(=O)N[C@H](Cc2ccccc2)C(=O)N[C@@H]([C@@H](C)O)C(=O)N1. The number of fused-ring (bicyclic) bond motifs is 1. The molecular formula is C69H114N14O19. The molecule has 2 aliphatic rings. The van der Waals surface area contributed by atoms with E-state index in [1.165, 1.54) is 27.7 Å². The molecule has 0 unspecified atom stereocenters. The second-order valence-electron chi connectivity index (χ2n) is 28.0. The number of aliphatic hydroxyl groups is 5. The Morgan fingerprint density at radius 1 is 0.549 bits per heavy atom. The van der Waals surface area contributed by atoms with Crippen LogP contribution in [0.25, 0.3) is 0 Å². The van der Waals surface area contributed by atoms with E-state index in [0.29, 0.717) is 18.4 Å². The lowest BCUT2D eigenvalue weighted by molar-refractivity contribution is -0.148. The van der Waals surface area contributed by atoms with E-state index in [1.54, 1.807) is 65.0 Å². The van der Waals surface area contributed by atoms with Crippen molar-refractivity contribution < 1.29 is 92.7 Å². The van der Waals surface area contributed by atoms with Crippen molar-refractivity contribution in [2.45, 2.75) is 269 Å².